The van der Waals surface area contributed by atoms with Crippen molar-refractivity contribution in [1.82, 2.24) is 4.98 Å². The zero-order valence-corrected chi connectivity index (χ0v) is 12.9. The van der Waals surface area contributed by atoms with Crippen LogP contribution in [0.4, 0.5) is 0 Å². The number of thiazole rings is 1. The molecule has 0 atom stereocenters. The first kappa shape index (κ1) is 13.4. The molecule has 0 fully saturated rings. The minimum atomic E-state index is 1.05. The molecule has 0 aliphatic rings. The Balaban J connectivity index is 2.13. The zero-order valence-electron chi connectivity index (χ0n) is 11.2. The topological polar surface area (TPSA) is 12.9 Å². The fourth-order valence-corrected chi connectivity index (χ4v) is 4.13. The summed E-state index contributed by atoms with van der Waals surface area (Å²) in [4.78, 5) is 6.09. The number of hydrogen-bond acceptors (Lipinski definition) is 3. The van der Waals surface area contributed by atoms with Crippen molar-refractivity contribution >= 4 is 23.1 Å². The highest BCUT2D eigenvalue weighted by Gasteiger charge is 2.14. The number of aromatic nitrogens is 1. The second kappa shape index (κ2) is 6.25. The van der Waals surface area contributed by atoms with E-state index in [0.29, 0.717) is 0 Å². The summed E-state index contributed by atoms with van der Waals surface area (Å²) >= 11 is 3.59. The van der Waals surface area contributed by atoms with E-state index < -0.39 is 0 Å². The van der Waals surface area contributed by atoms with Crippen LogP contribution in [0.5, 0.6) is 0 Å². The molecule has 3 rings (SSSR count). The average molecular weight is 297 g/mol. The summed E-state index contributed by atoms with van der Waals surface area (Å²) in [5.74, 6) is 1.05. The van der Waals surface area contributed by atoms with Crippen molar-refractivity contribution < 1.29 is 0 Å². The molecule has 0 aliphatic carbocycles. The van der Waals surface area contributed by atoms with E-state index in [-0.39, 0.29) is 0 Å². The number of benzene rings is 2. The predicted molar refractivity (Wildman–Crippen MR) is 89.4 cm³/mol. The van der Waals surface area contributed by atoms with Crippen molar-refractivity contribution in [1.29, 1.82) is 0 Å². The predicted octanol–water partition coefficient (Wildman–Crippen LogP) is 5.59. The van der Waals surface area contributed by atoms with Crippen LogP contribution in [0.15, 0.2) is 65.0 Å². The fourth-order valence-electron chi connectivity index (χ4n) is 2.06. The summed E-state index contributed by atoms with van der Waals surface area (Å²) in [6, 6.07) is 20.9. The number of hydrogen-bond donors (Lipinski definition) is 0. The van der Waals surface area contributed by atoms with Crippen molar-refractivity contribution in [2.24, 2.45) is 0 Å². The molecule has 2 aromatic carbocycles. The lowest BCUT2D eigenvalue weighted by atomic mass is 10.1. The van der Waals surface area contributed by atoms with Gasteiger partial charge in [0.15, 0.2) is 4.34 Å². The Hall–Kier alpha value is -1.58. The second-order valence-electron chi connectivity index (χ2n) is 4.32. The maximum Gasteiger partial charge on any atom is 0.151 e. The maximum atomic E-state index is 4.83. The SMILES string of the molecule is CCSc1nc(-c2ccccc2)c(-c2ccccc2)s1. The van der Waals surface area contributed by atoms with Crippen LogP contribution in [0.25, 0.3) is 21.7 Å². The first-order valence-corrected chi connectivity index (χ1v) is 8.43. The molecule has 3 aromatic rings. The summed E-state index contributed by atoms with van der Waals surface area (Å²) in [5.41, 5.74) is 3.52. The Morgan fingerprint density at radius 2 is 1.50 bits per heavy atom. The van der Waals surface area contributed by atoms with Crippen molar-refractivity contribution in [3.63, 3.8) is 0 Å². The van der Waals surface area contributed by atoms with Crippen molar-refractivity contribution in [2.75, 3.05) is 5.75 Å². The standard InChI is InChI=1S/C17H15NS2/c1-2-19-17-18-15(13-9-5-3-6-10-13)16(20-17)14-11-7-4-8-12-14/h3-12H,2H2,1H3. The summed E-state index contributed by atoms with van der Waals surface area (Å²) < 4.78 is 1.14. The zero-order chi connectivity index (χ0) is 13.8. The molecular formula is C17H15NS2. The molecule has 0 unspecified atom stereocenters. The highest BCUT2D eigenvalue weighted by Crippen LogP contribution is 2.39. The fraction of sp³-hybridized carbons (Fsp3) is 0.118. The first-order chi connectivity index (χ1) is 9.88. The molecule has 0 N–H and O–H groups in total. The van der Waals surface area contributed by atoms with Gasteiger partial charge in [-0.2, -0.15) is 0 Å². The van der Waals surface area contributed by atoms with Gasteiger partial charge in [-0.3, -0.25) is 0 Å². The van der Waals surface area contributed by atoms with E-state index in [2.05, 4.69) is 61.5 Å². The molecule has 100 valence electrons. The molecule has 20 heavy (non-hydrogen) atoms. The molecule has 0 saturated heterocycles. The van der Waals surface area contributed by atoms with E-state index >= 15 is 0 Å². The van der Waals surface area contributed by atoms with Gasteiger partial charge in [0.05, 0.1) is 10.6 Å². The van der Waals surface area contributed by atoms with Crippen LogP contribution in [-0.2, 0) is 0 Å². The normalized spacial score (nSPS) is 10.7. The van der Waals surface area contributed by atoms with Gasteiger partial charge in [-0.15, -0.1) is 11.3 Å². The quantitative estimate of drug-likeness (QED) is 0.582. The van der Waals surface area contributed by atoms with Gasteiger partial charge in [-0.1, -0.05) is 79.3 Å². The second-order valence-corrected chi connectivity index (χ2v) is 6.83. The van der Waals surface area contributed by atoms with Gasteiger partial charge in [0, 0.05) is 5.56 Å². The molecule has 1 heterocycles. The van der Waals surface area contributed by atoms with Gasteiger partial charge in [-0.05, 0) is 11.3 Å². The average Bonchev–Trinajstić information content (AvgIpc) is 2.93. The Kier molecular flexibility index (Phi) is 4.19. The Morgan fingerprint density at radius 3 is 2.10 bits per heavy atom. The number of rotatable bonds is 4. The Morgan fingerprint density at radius 1 is 0.900 bits per heavy atom. The molecule has 3 heteroatoms. The highest BCUT2D eigenvalue weighted by atomic mass is 32.2. The lowest BCUT2D eigenvalue weighted by Gasteiger charge is -2.02. The largest absolute Gasteiger partial charge is 0.229 e. The lowest BCUT2D eigenvalue weighted by Crippen LogP contribution is -1.81. The van der Waals surface area contributed by atoms with Crippen molar-refractivity contribution in [3.05, 3.63) is 60.7 Å². The molecule has 0 radical (unpaired) electrons. The molecule has 0 amide bonds. The minimum absolute atomic E-state index is 1.05. The highest BCUT2D eigenvalue weighted by molar-refractivity contribution is 8.01. The summed E-state index contributed by atoms with van der Waals surface area (Å²) in [7, 11) is 0. The van der Waals surface area contributed by atoms with Gasteiger partial charge in [0.1, 0.15) is 0 Å². The molecule has 0 saturated carbocycles. The number of nitrogens with zero attached hydrogens (tertiary/aromatic N) is 1. The molecule has 0 aliphatic heterocycles. The monoisotopic (exact) mass is 297 g/mol. The van der Waals surface area contributed by atoms with Crippen LogP contribution in [0, 0.1) is 0 Å². The third kappa shape index (κ3) is 2.79. The van der Waals surface area contributed by atoms with Crippen LogP contribution in [-0.4, -0.2) is 10.7 Å². The lowest BCUT2D eigenvalue weighted by molar-refractivity contribution is 1.25. The molecule has 0 spiro atoms. The minimum Gasteiger partial charge on any atom is -0.229 e. The molecule has 1 aromatic heterocycles. The summed E-state index contributed by atoms with van der Waals surface area (Å²) in [6.07, 6.45) is 0. The Labute approximate surface area is 127 Å². The summed E-state index contributed by atoms with van der Waals surface area (Å²) in [5, 5.41) is 0. The van der Waals surface area contributed by atoms with Gasteiger partial charge in [0.2, 0.25) is 0 Å². The Bertz CT molecular complexity index is 618. The van der Waals surface area contributed by atoms with E-state index in [1.807, 2.05) is 17.8 Å². The molecular weight excluding hydrogens is 282 g/mol. The van der Waals surface area contributed by atoms with E-state index in [4.69, 9.17) is 4.98 Å². The van der Waals surface area contributed by atoms with E-state index in [9.17, 15) is 0 Å². The van der Waals surface area contributed by atoms with Crippen LogP contribution in [0.2, 0.25) is 0 Å². The van der Waals surface area contributed by atoms with Gasteiger partial charge in [0.25, 0.3) is 0 Å². The van der Waals surface area contributed by atoms with Crippen LogP contribution in [0.3, 0.4) is 0 Å². The maximum absolute atomic E-state index is 4.83. The first-order valence-electron chi connectivity index (χ1n) is 6.63. The van der Waals surface area contributed by atoms with E-state index in [1.54, 1.807) is 11.3 Å². The molecule has 1 nitrogen and oxygen atoms in total. The van der Waals surface area contributed by atoms with Crippen LogP contribution >= 0.6 is 23.1 Å². The third-order valence-electron chi connectivity index (χ3n) is 2.96. The van der Waals surface area contributed by atoms with E-state index in [1.165, 1.54) is 16.0 Å². The van der Waals surface area contributed by atoms with E-state index in [0.717, 1.165) is 15.8 Å². The molecule has 0 bridgehead atoms. The number of thioether (sulfide) groups is 1. The van der Waals surface area contributed by atoms with Crippen molar-refractivity contribution in [3.8, 4) is 21.7 Å². The van der Waals surface area contributed by atoms with Crippen molar-refractivity contribution in [2.45, 2.75) is 11.3 Å². The van der Waals surface area contributed by atoms with Crippen LogP contribution in [0.1, 0.15) is 6.92 Å². The smallest absolute Gasteiger partial charge is 0.151 e. The van der Waals surface area contributed by atoms with Gasteiger partial charge < -0.3 is 0 Å². The summed E-state index contributed by atoms with van der Waals surface area (Å²) in [6.45, 7) is 2.16. The third-order valence-corrected chi connectivity index (χ3v) is 5.09. The van der Waals surface area contributed by atoms with Crippen LogP contribution < -0.4 is 0 Å². The van der Waals surface area contributed by atoms with Gasteiger partial charge >= 0.3 is 0 Å². The van der Waals surface area contributed by atoms with Gasteiger partial charge in [-0.25, -0.2) is 4.98 Å².